The maximum Gasteiger partial charge on any atom is 0.107 e. The maximum atomic E-state index is 9.81. The Kier molecular flexibility index (Phi) is 3.93. The molecule has 2 atom stereocenters. The zero-order chi connectivity index (χ0) is 10.7. The van der Waals surface area contributed by atoms with Gasteiger partial charge in [-0.2, -0.15) is 0 Å². The van der Waals surface area contributed by atoms with Crippen molar-refractivity contribution < 1.29 is 10.2 Å². The molecule has 0 fully saturated rings. The number of hydrogen-bond donors (Lipinski definition) is 2. The first-order chi connectivity index (χ1) is 6.54. The third kappa shape index (κ3) is 2.47. The van der Waals surface area contributed by atoms with Gasteiger partial charge in [0.2, 0.25) is 0 Å². The van der Waals surface area contributed by atoms with Crippen LogP contribution in [0.5, 0.6) is 0 Å². The quantitative estimate of drug-likeness (QED) is 0.811. The summed E-state index contributed by atoms with van der Waals surface area (Å²) in [5.74, 6) is 0.00118. The second kappa shape index (κ2) is 4.78. The van der Waals surface area contributed by atoms with Crippen molar-refractivity contribution in [2.75, 3.05) is 0 Å². The van der Waals surface area contributed by atoms with Crippen molar-refractivity contribution in [2.24, 2.45) is 5.92 Å². The molecule has 0 bridgehead atoms. The first kappa shape index (κ1) is 11.5. The van der Waals surface area contributed by atoms with E-state index in [1.165, 1.54) is 0 Å². The molecule has 0 aliphatic rings. The predicted octanol–water partition coefficient (Wildman–Crippen LogP) is 2.39. The van der Waals surface area contributed by atoms with E-state index >= 15 is 0 Å². The minimum absolute atomic E-state index is 0.00118. The lowest BCUT2D eigenvalue weighted by atomic mass is 9.96. The molecule has 1 rings (SSSR count). The second-order valence-corrected chi connectivity index (χ2v) is 4.11. The summed E-state index contributed by atoms with van der Waals surface area (Å²) in [6.45, 7) is 3.70. The molecule has 2 N–H and O–H groups in total. The van der Waals surface area contributed by atoms with Crippen LogP contribution in [0.4, 0.5) is 0 Å². The number of hydrogen-bond acceptors (Lipinski definition) is 2. The van der Waals surface area contributed by atoms with E-state index in [0.29, 0.717) is 10.6 Å². The van der Waals surface area contributed by atoms with Gasteiger partial charge in [0, 0.05) is 10.6 Å². The van der Waals surface area contributed by atoms with Crippen molar-refractivity contribution in [3.8, 4) is 0 Å². The monoisotopic (exact) mass is 214 g/mol. The molecule has 1 unspecified atom stereocenters. The van der Waals surface area contributed by atoms with Gasteiger partial charge in [0.15, 0.2) is 0 Å². The Balaban J connectivity index is 2.89. The molecule has 1 aromatic carbocycles. The molecule has 0 spiro atoms. The van der Waals surface area contributed by atoms with E-state index in [0.717, 1.165) is 0 Å². The Morgan fingerprint density at radius 3 is 2.21 bits per heavy atom. The first-order valence-electron chi connectivity index (χ1n) is 4.64. The predicted molar refractivity (Wildman–Crippen MR) is 57.3 cm³/mol. The highest BCUT2D eigenvalue weighted by molar-refractivity contribution is 6.31. The van der Waals surface area contributed by atoms with Crippen LogP contribution in [0.3, 0.4) is 0 Å². The van der Waals surface area contributed by atoms with Crippen molar-refractivity contribution in [1.82, 2.24) is 0 Å². The second-order valence-electron chi connectivity index (χ2n) is 3.70. The van der Waals surface area contributed by atoms with E-state index in [1.807, 2.05) is 13.8 Å². The molecule has 0 radical (unpaired) electrons. The Morgan fingerprint density at radius 2 is 1.71 bits per heavy atom. The molecule has 0 saturated heterocycles. The third-order valence-electron chi connectivity index (χ3n) is 2.23. The fraction of sp³-hybridized carbons (Fsp3) is 0.455. The van der Waals surface area contributed by atoms with Gasteiger partial charge in [-0.3, -0.25) is 0 Å². The van der Waals surface area contributed by atoms with Crippen molar-refractivity contribution in [2.45, 2.75) is 26.1 Å². The SMILES string of the molecule is CC(C)C(O)[C@@H](O)c1ccccc1Cl. The zero-order valence-electron chi connectivity index (χ0n) is 8.31. The molecular formula is C11H15ClO2. The molecular weight excluding hydrogens is 200 g/mol. The van der Waals surface area contributed by atoms with Gasteiger partial charge < -0.3 is 10.2 Å². The highest BCUT2D eigenvalue weighted by Gasteiger charge is 2.22. The summed E-state index contributed by atoms with van der Waals surface area (Å²) in [7, 11) is 0. The summed E-state index contributed by atoms with van der Waals surface area (Å²) in [6.07, 6.45) is -1.70. The number of benzene rings is 1. The van der Waals surface area contributed by atoms with Crippen molar-refractivity contribution in [1.29, 1.82) is 0 Å². The van der Waals surface area contributed by atoms with Gasteiger partial charge in [0.05, 0.1) is 6.10 Å². The lowest BCUT2D eigenvalue weighted by molar-refractivity contribution is -0.00934. The summed E-state index contributed by atoms with van der Waals surface area (Å²) in [5, 5.41) is 20.0. The van der Waals surface area contributed by atoms with Crippen LogP contribution in [-0.2, 0) is 0 Å². The molecule has 14 heavy (non-hydrogen) atoms. The lowest BCUT2D eigenvalue weighted by Crippen LogP contribution is -2.24. The van der Waals surface area contributed by atoms with Gasteiger partial charge in [-0.15, -0.1) is 0 Å². The standard InChI is InChI=1S/C11H15ClO2/c1-7(2)10(13)11(14)8-5-3-4-6-9(8)12/h3-7,10-11,13-14H,1-2H3/t10?,11-/m0/s1. The van der Waals surface area contributed by atoms with Crippen LogP contribution in [0.15, 0.2) is 24.3 Å². The first-order valence-corrected chi connectivity index (χ1v) is 5.02. The average Bonchev–Trinajstić information content (AvgIpc) is 2.16. The van der Waals surface area contributed by atoms with Crippen molar-refractivity contribution in [3.63, 3.8) is 0 Å². The zero-order valence-corrected chi connectivity index (χ0v) is 9.07. The van der Waals surface area contributed by atoms with Crippen LogP contribution in [0.2, 0.25) is 5.02 Å². The summed E-state index contributed by atoms with van der Waals surface area (Å²) < 4.78 is 0. The number of aliphatic hydroxyl groups is 2. The molecule has 0 amide bonds. The summed E-state index contributed by atoms with van der Waals surface area (Å²) in [5.41, 5.74) is 0.579. The Morgan fingerprint density at radius 1 is 1.14 bits per heavy atom. The molecule has 0 heterocycles. The van der Waals surface area contributed by atoms with Crippen LogP contribution in [0, 0.1) is 5.92 Å². The number of aliphatic hydroxyl groups excluding tert-OH is 2. The summed E-state index contributed by atoms with van der Waals surface area (Å²) in [4.78, 5) is 0. The molecule has 0 saturated carbocycles. The summed E-state index contributed by atoms with van der Waals surface area (Å²) >= 11 is 5.90. The van der Waals surface area contributed by atoms with E-state index in [4.69, 9.17) is 11.6 Å². The van der Waals surface area contributed by atoms with E-state index in [1.54, 1.807) is 24.3 Å². The van der Waals surface area contributed by atoms with Crippen LogP contribution in [0.1, 0.15) is 25.5 Å². The molecule has 2 nitrogen and oxygen atoms in total. The van der Waals surface area contributed by atoms with Gasteiger partial charge in [-0.25, -0.2) is 0 Å². The van der Waals surface area contributed by atoms with Crippen LogP contribution in [-0.4, -0.2) is 16.3 Å². The van der Waals surface area contributed by atoms with Crippen LogP contribution >= 0.6 is 11.6 Å². The van der Waals surface area contributed by atoms with Crippen molar-refractivity contribution >= 4 is 11.6 Å². The molecule has 0 aliphatic carbocycles. The van der Waals surface area contributed by atoms with Gasteiger partial charge in [0.1, 0.15) is 6.10 Å². The fourth-order valence-electron chi connectivity index (χ4n) is 1.26. The van der Waals surface area contributed by atoms with Gasteiger partial charge in [0.25, 0.3) is 0 Å². The van der Waals surface area contributed by atoms with E-state index in [9.17, 15) is 10.2 Å². The molecule has 3 heteroatoms. The Labute approximate surface area is 89.1 Å². The van der Waals surface area contributed by atoms with E-state index in [-0.39, 0.29) is 5.92 Å². The van der Waals surface area contributed by atoms with Crippen molar-refractivity contribution in [3.05, 3.63) is 34.9 Å². The average molecular weight is 215 g/mol. The highest BCUT2D eigenvalue weighted by Crippen LogP contribution is 2.27. The Hall–Kier alpha value is -0.570. The van der Waals surface area contributed by atoms with Crippen LogP contribution < -0.4 is 0 Å². The smallest absolute Gasteiger partial charge is 0.107 e. The summed E-state index contributed by atoms with van der Waals surface area (Å²) in [6, 6.07) is 7.00. The minimum atomic E-state index is -0.913. The molecule has 0 aromatic heterocycles. The molecule has 78 valence electrons. The van der Waals surface area contributed by atoms with Gasteiger partial charge >= 0.3 is 0 Å². The normalized spacial score (nSPS) is 15.6. The minimum Gasteiger partial charge on any atom is -0.390 e. The maximum absolute atomic E-state index is 9.81. The number of rotatable bonds is 3. The third-order valence-corrected chi connectivity index (χ3v) is 2.57. The Bertz CT molecular complexity index is 299. The molecule has 1 aromatic rings. The number of halogens is 1. The molecule has 0 aliphatic heterocycles. The van der Waals surface area contributed by atoms with E-state index in [2.05, 4.69) is 0 Å². The highest BCUT2D eigenvalue weighted by atomic mass is 35.5. The largest absolute Gasteiger partial charge is 0.390 e. The van der Waals surface area contributed by atoms with Gasteiger partial charge in [-0.1, -0.05) is 43.6 Å². The lowest BCUT2D eigenvalue weighted by Gasteiger charge is -2.22. The van der Waals surface area contributed by atoms with E-state index < -0.39 is 12.2 Å². The topological polar surface area (TPSA) is 40.5 Å². The fourth-order valence-corrected chi connectivity index (χ4v) is 1.51. The van der Waals surface area contributed by atoms with Gasteiger partial charge in [-0.05, 0) is 12.0 Å². The van der Waals surface area contributed by atoms with Crippen LogP contribution in [0.25, 0.3) is 0 Å².